The molecule has 0 aromatic carbocycles. The average molecular weight is 193 g/mol. The highest BCUT2D eigenvalue weighted by molar-refractivity contribution is 5.66. The molecular weight excluding hydrogens is 182 g/mol. The average Bonchev–Trinajstić information content (AvgIpc) is 2.18. The number of aromatic nitrogens is 2. The molecule has 74 valence electrons. The van der Waals surface area contributed by atoms with Crippen molar-refractivity contribution in [1.29, 1.82) is 0 Å². The molecule has 1 aliphatic rings. The molecule has 1 unspecified atom stereocenters. The van der Waals surface area contributed by atoms with Crippen LogP contribution in [0.15, 0.2) is 12.3 Å². The van der Waals surface area contributed by atoms with Crippen molar-refractivity contribution in [1.82, 2.24) is 15.1 Å². The van der Waals surface area contributed by atoms with Crippen molar-refractivity contribution in [2.45, 2.75) is 19.4 Å². The lowest BCUT2D eigenvalue weighted by molar-refractivity contribution is 0.123. The molecule has 2 heterocycles. The van der Waals surface area contributed by atoms with Gasteiger partial charge in [-0.3, -0.25) is 4.90 Å². The molecule has 1 amide bonds. The Kier molecular flexibility index (Phi) is 2.07. The van der Waals surface area contributed by atoms with E-state index in [0.29, 0.717) is 6.54 Å². The molecule has 0 saturated carbocycles. The molecule has 0 aliphatic carbocycles. The van der Waals surface area contributed by atoms with Gasteiger partial charge in [0.05, 0.1) is 11.7 Å². The van der Waals surface area contributed by atoms with Gasteiger partial charge in [-0.15, -0.1) is 0 Å². The van der Waals surface area contributed by atoms with E-state index in [-0.39, 0.29) is 6.04 Å². The van der Waals surface area contributed by atoms with E-state index in [1.165, 1.54) is 4.90 Å². The summed E-state index contributed by atoms with van der Waals surface area (Å²) in [6, 6.07) is 1.71. The molecule has 1 aromatic heterocycles. The SMILES string of the molecule is CC1c2nnccc2CCN1C(=O)O. The number of amides is 1. The monoisotopic (exact) mass is 193 g/mol. The van der Waals surface area contributed by atoms with Gasteiger partial charge in [-0.2, -0.15) is 10.2 Å². The van der Waals surface area contributed by atoms with Gasteiger partial charge < -0.3 is 5.11 Å². The predicted octanol–water partition coefficient (Wildman–Crippen LogP) is 1.07. The fourth-order valence-electron chi connectivity index (χ4n) is 1.78. The second kappa shape index (κ2) is 3.25. The second-order valence-corrected chi connectivity index (χ2v) is 3.34. The van der Waals surface area contributed by atoms with E-state index in [1.807, 2.05) is 13.0 Å². The number of rotatable bonds is 0. The van der Waals surface area contributed by atoms with Crippen LogP contribution in [-0.4, -0.2) is 32.8 Å². The van der Waals surface area contributed by atoms with Crippen LogP contribution in [0.5, 0.6) is 0 Å². The summed E-state index contributed by atoms with van der Waals surface area (Å²) in [5.74, 6) is 0. The maximum absolute atomic E-state index is 10.9. The molecule has 0 saturated heterocycles. The van der Waals surface area contributed by atoms with E-state index >= 15 is 0 Å². The summed E-state index contributed by atoms with van der Waals surface area (Å²) in [5, 5.41) is 16.7. The van der Waals surface area contributed by atoms with Crippen LogP contribution >= 0.6 is 0 Å². The summed E-state index contributed by atoms with van der Waals surface area (Å²) in [6.07, 6.45) is 1.47. The van der Waals surface area contributed by atoms with Crippen molar-refractivity contribution in [2.24, 2.45) is 0 Å². The summed E-state index contributed by atoms with van der Waals surface area (Å²) in [7, 11) is 0. The molecule has 1 N–H and O–H groups in total. The van der Waals surface area contributed by atoms with Gasteiger partial charge in [0.25, 0.3) is 0 Å². The van der Waals surface area contributed by atoms with E-state index in [2.05, 4.69) is 10.2 Å². The third-order valence-electron chi connectivity index (χ3n) is 2.57. The Bertz CT molecular complexity index is 367. The minimum absolute atomic E-state index is 0.190. The van der Waals surface area contributed by atoms with E-state index in [1.54, 1.807) is 6.20 Å². The zero-order chi connectivity index (χ0) is 10.1. The highest BCUT2D eigenvalue weighted by atomic mass is 16.4. The van der Waals surface area contributed by atoms with Crippen LogP contribution in [0.2, 0.25) is 0 Å². The zero-order valence-electron chi connectivity index (χ0n) is 7.84. The first-order chi connectivity index (χ1) is 6.70. The Balaban J connectivity index is 2.36. The summed E-state index contributed by atoms with van der Waals surface area (Å²) < 4.78 is 0. The number of hydrogen-bond acceptors (Lipinski definition) is 3. The van der Waals surface area contributed by atoms with Crippen LogP contribution in [-0.2, 0) is 6.42 Å². The molecule has 1 aliphatic heterocycles. The van der Waals surface area contributed by atoms with Gasteiger partial charge in [0, 0.05) is 12.7 Å². The van der Waals surface area contributed by atoms with Gasteiger partial charge in [0.1, 0.15) is 0 Å². The van der Waals surface area contributed by atoms with E-state index in [9.17, 15) is 4.79 Å². The van der Waals surface area contributed by atoms with Crippen molar-refractivity contribution in [3.8, 4) is 0 Å². The van der Waals surface area contributed by atoms with Crippen molar-refractivity contribution >= 4 is 6.09 Å². The minimum atomic E-state index is -0.895. The van der Waals surface area contributed by atoms with Crippen LogP contribution in [0.4, 0.5) is 4.79 Å². The lowest BCUT2D eigenvalue weighted by atomic mass is 10.0. The molecule has 0 radical (unpaired) electrons. The number of carbonyl (C=O) groups is 1. The third-order valence-corrected chi connectivity index (χ3v) is 2.57. The number of nitrogens with zero attached hydrogens (tertiary/aromatic N) is 3. The smallest absolute Gasteiger partial charge is 0.407 e. The summed E-state index contributed by atoms with van der Waals surface area (Å²) >= 11 is 0. The highest BCUT2D eigenvalue weighted by Crippen LogP contribution is 2.26. The first-order valence-corrected chi connectivity index (χ1v) is 4.50. The minimum Gasteiger partial charge on any atom is -0.465 e. The lowest BCUT2D eigenvalue weighted by Gasteiger charge is -2.31. The van der Waals surface area contributed by atoms with E-state index in [4.69, 9.17) is 5.11 Å². The zero-order valence-corrected chi connectivity index (χ0v) is 7.84. The first kappa shape index (κ1) is 8.93. The topological polar surface area (TPSA) is 66.3 Å². The number of carboxylic acid groups (broad SMARTS) is 1. The van der Waals surface area contributed by atoms with Crippen LogP contribution in [0, 0.1) is 0 Å². The molecule has 1 aromatic rings. The molecule has 2 rings (SSSR count). The van der Waals surface area contributed by atoms with Crippen molar-refractivity contribution in [2.75, 3.05) is 6.54 Å². The Morgan fingerprint density at radius 2 is 2.50 bits per heavy atom. The van der Waals surface area contributed by atoms with Crippen molar-refractivity contribution in [3.63, 3.8) is 0 Å². The van der Waals surface area contributed by atoms with Gasteiger partial charge in [-0.25, -0.2) is 4.79 Å². The van der Waals surface area contributed by atoms with Gasteiger partial charge in [0.2, 0.25) is 0 Å². The Hall–Kier alpha value is -1.65. The van der Waals surface area contributed by atoms with Crippen molar-refractivity contribution < 1.29 is 9.90 Å². The highest BCUT2D eigenvalue weighted by Gasteiger charge is 2.28. The van der Waals surface area contributed by atoms with Crippen LogP contribution in [0.25, 0.3) is 0 Å². The fraction of sp³-hybridized carbons (Fsp3) is 0.444. The lowest BCUT2D eigenvalue weighted by Crippen LogP contribution is -2.38. The normalized spacial score (nSPS) is 20.4. The van der Waals surface area contributed by atoms with Gasteiger partial charge in [-0.1, -0.05) is 0 Å². The predicted molar refractivity (Wildman–Crippen MR) is 48.9 cm³/mol. The molecule has 1 atom stereocenters. The Labute approximate surface area is 81.4 Å². The van der Waals surface area contributed by atoms with Crippen LogP contribution in [0.3, 0.4) is 0 Å². The summed E-state index contributed by atoms with van der Waals surface area (Å²) in [6.45, 7) is 2.37. The summed E-state index contributed by atoms with van der Waals surface area (Å²) in [5.41, 5.74) is 1.88. The molecule has 0 bridgehead atoms. The molecule has 5 nitrogen and oxygen atoms in total. The maximum atomic E-state index is 10.9. The molecular formula is C9H11N3O2. The van der Waals surface area contributed by atoms with Gasteiger partial charge in [-0.05, 0) is 25.0 Å². The van der Waals surface area contributed by atoms with Gasteiger partial charge in [0.15, 0.2) is 0 Å². The van der Waals surface area contributed by atoms with Crippen molar-refractivity contribution in [3.05, 3.63) is 23.5 Å². The molecule has 0 spiro atoms. The largest absolute Gasteiger partial charge is 0.465 e. The van der Waals surface area contributed by atoms with Crippen LogP contribution in [0.1, 0.15) is 24.2 Å². The molecule has 0 fully saturated rings. The Morgan fingerprint density at radius 3 is 3.21 bits per heavy atom. The molecule has 5 heteroatoms. The van der Waals surface area contributed by atoms with Crippen LogP contribution < -0.4 is 0 Å². The number of fused-ring (bicyclic) bond motifs is 1. The fourth-order valence-corrected chi connectivity index (χ4v) is 1.78. The van der Waals surface area contributed by atoms with E-state index in [0.717, 1.165) is 17.7 Å². The number of hydrogen-bond donors (Lipinski definition) is 1. The molecule has 14 heavy (non-hydrogen) atoms. The maximum Gasteiger partial charge on any atom is 0.407 e. The van der Waals surface area contributed by atoms with Gasteiger partial charge >= 0.3 is 6.09 Å². The van der Waals surface area contributed by atoms with E-state index < -0.39 is 6.09 Å². The first-order valence-electron chi connectivity index (χ1n) is 4.50. The Morgan fingerprint density at radius 1 is 1.71 bits per heavy atom. The quantitative estimate of drug-likeness (QED) is 0.669. The standard InChI is InChI=1S/C9H11N3O2/c1-6-8-7(2-4-10-11-8)3-5-12(6)9(13)14/h2,4,6H,3,5H2,1H3,(H,13,14). The summed E-state index contributed by atoms with van der Waals surface area (Å²) in [4.78, 5) is 12.2. The third kappa shape index (κ3) is 1.30. The second-order valence-electron chi connectivity index (χ2n) is 3.34.